The van der Waals surface area contributed by atoms with Crippen LogP contribution in [0.4, 0.5) is 5.82 Å². The molecule has 0 bridgehead atoms. The number of nitrogens with zero attached hydrogens (tertiary/aromatic N) is 2. The van der Waals surface area contributed by atoms with Crippen LogP contribution < -0.4 is 4.90 Å². The molecule has 0 N–H and O–H groups in total. The van der Waals surface area contributed by atoms with Gasteiger partial charge in [0.25, 0.3) is 0 Å². The Morgan fingerprint density at radius 2 is 2.46 bits per heavy atom. The number of pyridine rings is 1. The Kier molecular flexibility index (Phi) is 2.05. The fraction of sp³-hybridized carbons (Fsp3) is 0.364. The van der Waals surface area contributed by atoms with Crippen LogP contribution in [0.5, 0.6) is 0 Å². The summed E-state index contributed by atoms with van der Waals surface area (Å²) in [6.45, 7) is 5.33. The molecule has 0 saturated carbocycles. The summed E-state index contributed by atoms with van der Waals surface area (Å²) in [4.78, 5) is 6.59. The second kappa shape index (κ2) is 3.21. The Morgan fingerprint density at radius 3 is 3.23 bits per heavy atom. The minimum absolute atomic E-state index is 0.597. The molecule has 0 aromatic carbocycles. The highest BCUT2D eigenvalue weighted by molar-refractivity contribution is 5.56. The Hall–Kier alpha value is -1.31. The first-order valence-corrected chi connectivity index (χ1v) is 4.67. The molecule has 0 fully saturated rings. The summed E-state index contributed by atoms with van der Waals surface area (Å²) in [5.74, 6) is 1.72. The standard InChI is InChI=1S/C11H14N2/c1-3-7-13-8-9(2)10-5-4-6-12-11(10)13/h3-7,9H,8H2,1-2H3/b7-3-. The molecule has 2 heterocycles. The number of aromatic nitrogens is 1. The lowest BCUT2D eigenvalue weighted by Gasteiger charge is -2.11. The molecular formula is C11H14N2. The van der Waals surface area contributed by atoms with Crippen LogP contribution >= 0.6 is 0 Å². The first-order valence-electron chi connectivity index (χ1n) is 4.67. The highest BCUT2D eigenvalue weighted by Gasteiger charge is 2.24. The largest absolute Gasteiger partial charge is 0.333 e. The van der Waals surface area contributed by atoms with Crippen molar-refractivity contribution in [3.63, 3.8) is 0 Å². The van der Waals surface area contributed by atoms with E-state index in [4.69, 9.17) is 0 Å². The summed E-state index contributed by atoms with van der Waals surface area (Å²) in [6, 6.07) is 4.17. The maximum Gasteiger partial charge on any atom is 0.136 e. The van der Waals surface area contributed by atoms with Crippen molar-refractivity contribution in [2.75, 3.05) is 11.4 Å². The molecule has 68 valence electrons. The minimum Gasteiger partial charge on any atom is -0.333 e. The van der Waals surface area contributed by atoms with Crippen molar-refractivity contribution in [1.29, 1.82) is 0 Å². The van der Waals surface area contributed by atoms with Crippen LogP contribution in [0.1, 0.15) is 25.3 Å². The van der Waals surface area contributed by atoms with Crippen molar-refractivity contribution in [1.82, 2.24) is 4.98 Å². The number of anilines is 1. The molecule has 1 aromatic heterocycles. The summed E-state index contributed by atoms with van der Waals surface area (Å²) < 4.78 is 0. The van der Waals surface area contributed by atoms with Gasteiger partial charge < -0.3 is 4.90 Å². The topological polar surface area (TPSA) is 16.1 Å². The van der Waals surface area contributed by atoms with E-state index in [2.05, 4.69) is 35.1 Å². The molecular weight excluding hydrogens is 160 g/mol. The molecule has 1 aliphatic rings. The Balaban J connectivity index is 2.41. The van der Waals surface area contributed by atoms with E-state index in [-0.39, 0.29) is 0 Å². The molecule has 0 saturated heterocycles. The highest BCUT2D eigenvalue weighted by Crippen LogP contribution is 2.33. The van der Waals surface area contributed by atoms with E-state index in [0.29, 0.717) is 5.92 Å². The molecule has 1 aliphatic heterocycles. The van der Waals surface area contributed by atoms with Crippen molar-refractivity contribution in [3.8, 4) is 0 Å². The van der Waals surface area contributed by atoms with Crippen LogP contribution in [0.3, 0.4) is 0 Å². The predicted octanol–water partition coefficient (Wildman–Crippen LogP) is 2.54. The third-order valence-corrected chi connectivity index (χ3v) is 2.42. The molecule has 1 unspecified atom stereocenters. The molecule has 2 heteroatoms. The van der Waals surface area contributed by atoms with E-state index < -0.39 is 0 Å². The predicted molar refractivity (Wildman–Crippen MR) is 54.8 cm³/mol. The quantitative estimate of drug-likeness (QED) is 0.650. The maximum atomic E-state index is 4.38. The van der Waals surface area contributed by atoms with Crippen LogP contribution in [0.15, 0.2) is 30.6 Å². The van der Waals surface area contributed by atoms with Crippen molar-refractivity contribution in [2.24, 2.45) is 0 Å². The average molecular weight is 174 g/mol. The SMILES string of the molecule is C/C=C\N1CC(C)c2cccnc21. The molecule has 13 heavy (non-hydrogen) atoms. The van der Waals surface area contributed by atoms with Gasteiger partial charge in [-0.05, 0) is 18.6 Å². The molecule has 0 spiro atoms. The lowest BCUT2D eigenvalue weighted by Crippen LogP contribution is -2.13. The van der Waals surface area contributed by atoms with E-state index in [0.717, 1.165) is 12.4 Å². The third kappa shape index (κ3) is 1.32. The zero-order chi connectivity index (χ0) is 9.26. The monoisotopic (exact) mass is 174 g/mol. The van der Waals surface area contributed by atoms with Gasteiger partial charge >= 0.3 is 0 Å². The van der Waals surface area contributed by atoms with Gasteiger partial charge in [-0.25, -0.2) is 4.98 Å². The molecule has 0 aliphatic carbocycles. The van der Waals surface area contributed by atoms with Gasteiger partial charge in [0, 0.05) is 24.9 Å². The Labute approximate surface area is 78.9 Å². The summed E-state index contributed by atoms with van der Waals surface area (Å²) in [6.07, 6.45) is 6.00. The fourth-order valence-corrected chi connectivity index (χ4v) is 1.83. The lowest BCUT2D eigenvalue weighted by molar-refractivity contribution is 0.810. The molecule has 2 nitrogen and oxygen atoms in total. The number of hydrogen-bond donors (Lipinski definition) is 0. The fourth-order valence-electron chi connectivity index (χ4n) is 1.83. The highest BCUT2D eigenvalue weighted by atomic mass is 15.2. The van der Waals surface area contributed by atoms with Gasteiger partial charge in [-0.3, -0.25) is 0 Å². The van der Waals surface area contributed by atoms with Gasteiger partial charge in [-0.15, -0.1) is 0 Å². The first-order chi connectivity index (χ1) is 6.33. The van der Waals surface area contributed by atoms with Gasteiger partial charge in [-0.2, -0.15) is 0 Å². The number of hydrogen-bond acceptors (Lipinski definition) is 2. The smallest absolute Gasteiger partial charge is 0.136 e. The average Bonchev–Trinajstić information content (AvgIpc) is 2.46. The molecule has 0 amide bonds. The Bertz CT molecular complexity index is 331. The normalized spacial score (nSPS) is 21.1. The molecule has 2 rings (SSSR count). The van der Waals surface area contributed by atoms with Gasteiger partial charge in [0.15, 0.2) is 0 Å². The van der Waals surface area contributed by atoms with Crippen molar-refractivity contribution in [2.45, 2.75) is 19.8 Å². The third-order valence-electron chi connectivity index (χ3n) is 2.42. The number of fused-ring (bicyclic) bond motifs is 1. The van der Waals surface area contributed by atoms with Crippen molar-refractivity contribution >= 4 is 5.82 Å². The maximum absolute atomic E-state index is 4.38. The zero-order valence-corrected chi connectivity index (χ0v) is 8.07. The number of rotatable bonds is 1. The summed E-state index contributed by atoms with van der Waals surface area (Å²) in [7, 11) is 0. The minimum atomic E-state index is 0.597. The van der Waals surface area contributed by atoms with Crippen LogP contribution in [0, 0.1) is 0 Å². The van der Waals surface area contributed by atoms with E-state index >= 15 is 0 Å². The van der Waals surface area contributed by atoms with Crippen LogP contribution in [-0.4, -0.2) is 11.5 Å². The van der Waals surface area contributed by atoms with Crippen LogP contribution in [-0.2, 0) is 0 Å². The number of allylic oxidation sites excluding steroid dienone is 1. The molecule has 1 atom stereocenters. The Morgan fingerprint density at radius 1 is 1.62 bits per heavy atom. The van der Waals surface area contributed by atoms with Crippen LogP contribution in [0.2, 0.25) is 0 Å². The zero-order valence-electron chi connectivity index (χ0n) is 8.07. The van der Waals surface area contributed by atoms with E-state index in [1.807, 2.05) is 19.2 Å². The van der Waals surface area contributed by atoms with E-state index in [9.17, 15) is 0 Å². The van der Waals surface area contributed by atoms with Gasteiger partial charge in [0.2, 0.25) is 0 Å². The van der Waals surface area contributed by atoms with Crippen molar-refractivity contribution < 1.29 is 0 Å². The summed E-state index contributed by atoms with van der Waals surface area (Å²) in [5.41, 5.74) is 1.36. The molecule has 0 radical (unpaired) electrons. The van der Waals surface area contributed by atoms with Crippen molar-refractivity contribution in [3.05, 3.63) is 36.2 Å². The second-order valence-electron chi connectivity index (χ2n) is 3.45. The summed E-state index contributed by atoms with van der Waals surface area (Å²) >= 11 is 0. The van der Waals surface area contributed by atoms with Gasteiger partial charge in [-0.1, -0.05) is 19.1 Å². The van der Waals surface area contributed by atoms with Gasteiger partial charge in [0.05, 0.1) is 0 Å². The summed E-state index contributed by atoms with van der Waals surface area (Å²) in [5, 5.41) is 0. The van der Waals surface area contributed by atoms with E-state index in [1.54, 1.807) is 0 Å². The molecule has 1 aromatic rings. The van der Waals surface area contributed by atoms with Gasteiger partial charge in [0.1, 0.15) is 5.82 Å². The van der Waals surface area contributed by atoms with Crippen LogP contribution in [0.25, 0.3) is 0 Å². The second-order valence-corrected chi connectivity index (χ2v) is 3.45. The lowest BCUT2D eigenvalue weighted by atomic mass is 10.1. The first kappa shape index (κ1) is 8.30. The van der Waals surface area contributed by atoms with E-state index in [1.165, 1.54) is 5.56 Å².